The van der Waals surface area contributed by atoms with E-state index < -0.39 is 23.9 Å². The summed E-state index contributed by atoms with van der Waals surface area (Å²) in [6, 6.07) is 2.52. The van der Waals surface area contributed by atoms with Crippen LogP contribution < -0.4 is 0 Å². The van der Waals surface area contributed by atoms with Crippen molar-refractivity contribution in [1.82, 2.24) is 0 Å². The summed E-state index contributed by atoms with van der Waals surface area (Å²) in [5.74, 6) is -1.92. The molecule has 120 valence electrons. The Morgan fingerprint density at radius 1 is 1.27 bits per heavy atom. The number of ether oxygens (including phenoxy) is 2. The molecule has 8 heteroatoms. The zero-order valence-corrected chi connectivity index (χ0v) is 14.7. The van der Waals surface area contributed by atoms with Gasteiger partial charge in [0, 0.05) is 5.57 Å². The van der Waals surface area contributed by atoms with E-state index in [0.29, 0.717) is 0 Å². The number of halogens is 3. The van der Waals surface area contributed by atoms with E-state index in [1.807, 2.05) is 0 Å². The second-order valence-corrected chi connectivity index (χ2v) is 6.09. The smallest absolute Gasteiger partial charge is 0.338 e. The first-order valence-electron chi connectivity index (χ1n) is 6.04. The van der Waals surface area contributed by atoms with E-state index in [1.165, 1.54) is 19.1 Å². The van der Waals surface area contributed by atoms with Gasteiger partial charge in [-0.15, -0.1) is 0 Å². The van der Waals surface area contributed by atoms with Gasteiger partial charge in [-0.25, -0.2) is 14.0 Å². The first-order valence-corrected chi connectivity index (χ1v) is 7.63. The summed E-state index contributed by atoms with van der Waals surface area (Å²) < 4.78 is 23.2. The van der Waals surface area contributed by atoms with Crippen LogP contribution in [-0.4, -0.2) is 36.4 Å². The summed E-state index contributed by atoms with van der Waals surface area (Å²) in [7, 11) is 0. The largest absolute Gasteiger partial charge is 0.459 e. The Hall–Kier alpha value is -1.25. The van der Waals surface area contributed by atoms with Crippen LogP contribution in [0.1, 0.15) is 17.3 Å². The number of carbonyl (C=O) groups is 2. The quantitative estimate of drug-likeness (QED) is 0.419. The van der Waals surface area contributed by atoms with E-state index in [2.05, 4.69) is 38.4 Å². The number of hydrogen-bond donors (Lipinski definition) is 1. The van der Waals surface area contributed by atoms with Gasteiger partial charge in [-0.3, -0.25) is 0 Å². The maximum atomic E-state index is 13.4. The SMILES string of the molecule is C=C(C)C(=O)OCC(O)COC(=O)c1cc(Br)c(F)c(Br)c1. The van der Waals surface area contributed by atoms with Gasteiger partial charge in [-0.2, -0.15) is 0 Å². The molecule has 0 aliphatic heterocycles. The van der Waals surface area contributed by atoms with Crippen LogP contribution in [0.25, 0.3) is 0 Å². The highest BCUT2D eigenvalue weighted by Gasteiger charge is 2.16. The topological polar surface area (TPSA) is 72.8 Å². The molecule has 0 heterocycles. The molecule has 5 nitrogen and oxygen atoms in total. The predicted octanol–water partition coefficient (Wildman–Crippen LogP) is 2.99. The van der Waals surface area contributed by atoms with Crippen molar-refractivity contribution < 1.29 is 28.6 Å². The normalized spacial score (nSPS) is 11.7. The van der Waals surface area contributed by atoms with Crippen LogP contribution in [0.15, 0.2) is 33.2 Å². The summed E-state index contributed by atoms with van der Waals surface area (Å²) in [4.78, 5) is 22.9. The highest BCUT2D eigenvalue weighted by molar-refractivity contribution is 9.11. The first kappa shape index (κ1) is 18.8. The molecule has 0 spiro atoms. The third kappa shape index (κ3) is 5.51. The van der Waals surface area contributed by atoms with Gasteiger partial charge in [0.2, 0.25) is 0 Å². The molecule has 0 saturated heterocycles. The Balaban J connectivity index is 2.52. The fourth-order valence-electron chi connectivity index (χ4n) is 1.27. The molecule has 1 atom stereocenters. The van der Waals surface area contributed by atoms with Crippen molar-refractivity contribution in [2.45, 2.75) is 13.0 Å². The van der Waals surface area contributed by atoms with Crippen molar-refractivity contribution in [1.29, 1.82) is 0 Å². The van der Waals surface area contributed by atoms with Crippen LogP contribution in [0.5, 0.6) is 0 Å². The predicted molar refractivity (Wildman–Crippen MR) is 83.9 cm³/mol. The zero-order chi connectivity index (χ0) is 16.9. The van der Waals surface area contributed by atoms with Crippen molar-refractivity contribution in [3.8, 4) is 0 Å². The van der Waals surface area contributed by atoms with E-state index in [0.717, 1.165) is 0 Å². The van der Waals surface area contributed by atoms with Gasteiger partial charge in [0.05, 0.1) is 14.5 Å². The molecule has 1 aromatic rings. The van der Waals surface area contributed by atoms with Gasteiger partial charge in [0.15, 0.2) is 5.82 Å². The molecule has 0 fully saturated rings. The first-order chi connectivity index (χ1) is 10.2. The van der Waals surface area contributed by atoms with E-state index in [4.69, 9.17) is 9.47 Å². The molecule has 0 bridgehead atoms. The third-order valence-corrected chi connectivity index (χ3v) is 3.54. The van der Waals surface area contributed by atoms with Crippen LogP contribution in [-0.2, 0) is 14.3 Å². The Kier molecular flexibility index (Phi) is 7.18. The minimum atomic E-state index is -1.17. The molecule has 0 amide bonds. The van der Waals surface area contributed by atoms with Crippen molar-refractivity contribution in [3.05, 3.63) is 44.6 Å². The molecule has 1 aromatic carbocycles. The molecule has 1 N–H and O–H groups in total. The zero-order valence-electron chi connectivity index (χ0n) is 11.6. The lowest BCUT2D eigenvalue weighted by Gasteiger charge is -2.12. The van der Waals surface area contributed by atoms with Crippen LogP contribution >= 0.6 is 31.9 Å². The Morgan fingerprint density at radius 2 is 1.77 bits per heavy atom. The van der Waals surface area contributed by atoms with E-state index >= 15 is 0 Å². The summed E-state index contributed by atoms with van der Waals surface area (Å²) in [6.45, 7) is 4.17. The van der Waals surface area contributed by atoms with Gasteiger partial charge in [-0.1, -0.05) is 6.58 Å². The van der Waals surface area contributed by atoms with Crippen LogP contribution in [0.4, 0.5) is 4.39 Å². The molecular formula is C14H13Br2FO5. The summed E-state index contributed by atoms with van der Waals surface area (Å²) in [5.41, 5.74) is 0.302. The summed E-state index contributed by atoms with van der Waals surface area (Å²) >= 11 is 5.94. The number of esters is 2. The third-order valence-electron chi connectivity index (χ3n) is 2.38. The second kappa shape index (κ2) is 8.40. The van der Waals surface area contributed by atoms with Gasteiger partial charge in [0.25, 0.3) is 0 Å². The maximum absolute atomic E-state index is 13.4. The van der Waals surface area contributed by atoms with Crippen LogP contribution in [0.2, 0.25) is 0 Å². The highest BCUT2D eigenvalue weighted by atomic mass is 79.9. The van der Waals surface area contributed by atoms with Crippen molar-refractivity contribution in [2.75, 3.05) is 13.2 Å². The minimum Gasteiger partial charge on any atom is -0.459 e. The molecular weight excluding hydrogens is 427 g/mol. The van der Waals surface area contributed by atoms with Crippen molar-refractivity contribution in [3.63, 3.8) is 0 Å². The van der Waals surface area contributed by atoms with Gasteiger partial charge in [-0.05, 0) is 50.9 Å². The lowest BCUT2D eigenvalue weighted by molar-refractivity contribution is -0.142. The number of rotatable bonds is 6. The number of carbonyl (C=O) groups excluding carboxylic acids is 2. The van der Waals surface area contributed by atoms with Gasteiger partial charge in [0.1, 0.15) is 19.3 Å². The fraction of sp³-hybridized carbons (Fsp3) is 0.286. The molecule has 1 unspecified atom stereocenters. The van der Waals surface area contributed by atoms with Crippen LogP contribution in [0, 0.1) is 5.82 Å². The molecule has 0 aliphatic rings. The lowest BCUT2D eigenvalue weighted by atomic mass is 10.2. The van der Waals surface area contributed by atoms with E-state index in [9.17, 15) is 19.1 Å². The number of benzene rings is 1. The average molecular weight is 440 g/mol. The Bertz CT molecular complexity index is 580. The lowest BCUT2D eigenvalue weighted by Crippen LogP contribution is -2.25. The average Bonchev–Trinajstić information content (AvgIpc) is 2.46. The van der Waals surface area contributed by atoms with Crippen molar-refractivity contribution >= 4 is 43.8 Å². The molecule has 0 aliphatic carbocycles. The highest BCUT2D eigenvalue weighted by Crippen LogP contribution is 2.25. The summed E-state index contributed by atoms with van der Waals surface area (Å²) in [5, 5.41) is 9.57. The van der Waals surface area contributed by atoms with Crippen molar-refractivity contribution in [2.24, 2.45) is 0 Å². The number of hydrogen-bond acceptors (Lipinski definition) is 5. The monoisotopic (exact) mass is 438 g/mol. The van der Waals surface area contributed by atoms with E-state index in [1.54, 1.807) is 0 Å². The van der Waals surface area contributed by atoms with Gasteiger partial charge < -0.3 is 14.6 Å². The Labute approximate surface area is 143 Å². The molecule has 0 aromatic heterocycles. The molecule has 22 heavy (non-hydrogen) atoms. The Morgan fingerprint density at radius 3 is 2.27 bits per heavy atom. The summed E-state index contributed by atoms with van der Waals surface area (Å²) in [6.07, 6.45) is -1.17. The second-order valence-electron chi connectivity index (χ2n) is 4.38. The molecule has 1 rings (SSSR count). The molecule has 0 saturated carbocycles. The maximum Gasteiger partial charge on any atom is 0.338 e. The minimum absolute atomic E-state index is 0.102. The fourth-order valence-corrected chi connectivity index (χ4v) is 2.46. The van der Waals surface area contributed by atoms with E-state index in [-0.39, 0.29) is 33.3 Å². The number of aliphatic hydroxyl groups is 1. The van der Waals surface area contributed by atoms with Gasteiger partial charge >= 0.3 is 11.9 Å². The number of aliphatic hydroxyl groups excluding tert-OH is 1. The van der Waals surface area contributed by atoms with Crippen LogP contribution in [0.3, 0.4) is 0 Å². The molecule has 0 radical (unpaired) electrons. The standard InChI is InChI=1S/C14H13Br2FO5/c1-7(2)13(19)21-5-9(18)6-22-14(20)8-3-10(15)12(17)11(16)4-8/h3-4,9,18H,1,5-6H2,2H3.